The Morgan fingerprint density at radius 1 is 1.28 bits per heavy atom. The molecule has 7 nitrogen and oxygen atoms in total. The molecule has 0 radical (unpaired) electrons. The molecule has 0 aliphatic carbocycles. The Labute approximate surface area is 148 Å². The fraction of sp³-hybridized carbons (Fsp3) is 0.588. The molecule has 0 N–H and O–H groups in total. The van der Waals surface area contributed by atoms with E-state index >= 15 is 0 Å². The van der Waals surface area contributed by atoms with Gasteiger partial charge in [-0.2, -0.15) is 0 Å². The molecule has 3 heterocycles. The summed E-state index contributed by atoms with van der Waals surface area (Å²) >= 11 is 0. The van der Waals surface area contributed by atoms with Crippen molar-refractivity contribution in [2.24, 2.45) is 5.92 Å². The SMILES string of the molecule is Cc1noc(C)c1-c1cnc(C[C@@H]2CCN(S(=O)(=O)C(C)C)C2)cn1. The Morgan fingerprint density at radius 3 is 2.60 bits per heavy atom. The Bertz CT molecular complexity index is 824. The number of hydrogen-bond donors (Lipinski definition) is 0. The number of aromatic nitrogens is 3. The summed E-state index contributed by atoms with van der Waals surface area (Å²) in [6.07, 6.45) is 5.10. The molecule has 2 aromatic rings. The summed E-state index contributed by atoms with van der Waals surface area (Å²) < 4.78 is 31.3. The van der Waals surface area contributed by atoms with E-state index in [0.717, 1.165) is 41.2 Å². The molecule has 1 atom stereocenters. The van der Waals surface area contributed by atoms with Gasteiger partial charge >= 0.3 is 0 Å². The van der Waals surface area contributed by atoms with E-state index in [-0.39, 0.29) is 11.2 Å². The monoisotopic (exact) mass is 364 g/mol. The first-order chi connectivity index (χ1) is 11.8. The predicted molar refractivity (Wildman–Crippen MR) is 94.4 cm³/mol. The van der Waals surface area contributed by atoms with Crippen molar-refractivity contribution < 1.29 is 12.9 Å². The summed E-state index contributed by atoms with van der Waals surface area (Å²) in [5.74, 6) is 1.01. The zero-order chi connectivity index (χ0) is 18.2. The highest BCUT2D eigenvalue weighted by molar-refractivity contribution is 7.89. The van der Waals surface area contributed by atoms with E-state index in [1.165, 1.54) is 0 Å². The van der Waals surface area contributed by atoms with Crippen LogP contribution in [0.1, 0.15) is 37.4 Å². The normalized spacial score (nSPS) is 19.0. The van der Waals surface area contributed by atoms with Crippen molar-refractivity contribution in [3.05, 3.63) is 29.5 Å². The minimum atomic E-state index is -3.17. The Balaban J connectivity index is 1.67. The van der Waals surface area contributed by atoms with E-state index < -0.39 is 10.0 Å². The van der Waals surface area contributed by atoms with E-state index in [9.17, 15) is 8.42 Å². The van der Waals surface area contributed by atoms with Gasteiger partial charge in [-0.3, -0.25) is 9.97 Å². The van der Waals surface area contributed by atoms with Crippen LogP contribution in [0.3, 0.4) is 0 Å². The van der Waals surface area contributed by atoms with Crippen LogP contribution in [0.2, 0.25) is 0 Å². The molecule has 0 unspecified atom stereocenters. The summed E-state index contributed by atoms with van der Waals surface area (Å²) in [4.78, 5) is 8.99. The lowest BCUT2D eigenvalue weighted by atomic mass is 10.0. The van der Waals surface area contributed by atoms with Gasteiger partial charge in [0.05, 0.1) is 34.1 Å². The molecule has 0 aromatic carbocycles. The van der Waals surface area contributed by atoms with Gasteiger partial charge in [0.15, 0.2) is 0 Å². The van der Waals surface area contributed by atoms with Crippen LogP contribution in [0.25, 0.3) is 11.3 Å². The highest BCUT2D eigenvalue weighted by Crippen LogP contribution is 2.26. The van der Waals surface area contributed by atoms with E-state index in [4.69, 9.17) is 4.52 Å². The number of rotatable bonds is 5. The first-order valence-corrected chi connectivity index (χ1v) is 10.0. The lowest BCUT2D eigenvalue weighted by molar-refractivity contribution is 0.393. The second kappa shape index (κ2) is 6.84. The molecule has 0 spiro atoms. The molecule has 3 rings (SSSR count). The first-order valence-electron chi connectivity index (χ1n) is 8.52. The number of aryl methyl sites for hydroxylation is 2. The molecule has 0 bridgehead atoms. The van der Waals surface area contributed by atoms with Crippen molar-refractivity contribution in [3.63, 3.8) is 0 Å². The van der Waals surface area contributed by atoms with Gasteiger partial charge in [0.25, 0.3) is 0 Å². The molecule has 8 heteroatoms. The Hall–Kier alpha value is -1.80. The quantitative estimate of drug-likeness (QED) is 0.809. The zero-order valence-electron chi connectivity index (χ0n) is 15.1. The predicted octanol–water partition coefficient (Wildman–Crippen LogP) is 2.35. The summed E-state index contributed by atoms with van der Waals surface area (Å²) in [6, 6.07) is 0. The van der Waals surface area contributed by atoms with Crippen LogP contribution in [0, 0.1) is 19.8 Å². The average Bonchev–Trinajstić information content (AvgIpc) is 3.16. The van der Waals surface area contributed by atoms with E-state index in [1.54, 1.807) is 30.5 Å². The fourth-order valence-electron chi connectivity index (χ4n) is 3.23. The van der Waals surface area contributed by atoms with Crippen LogP contribution in [0.5, 0.6) is 0 Å². The van der Waals surface area contributed by atoms with Gasteiger partial charge in [-0.05, 0) is 46.5 Å². The second-order valence-corrected chi connectivity index (χ2v) is 9.39. The van der Waals surface area contributed by atoms with Gasteiger partial charge in [-0.1, -0.05) is 5.16 Å². The number of nitrogens with zero attached hydrogens (tertiary/aromatic N) is 4. The second-order valence-electron chi connectivity index (χ2n) is 6.90. The van der Waals surface area contributed by atoms with Crippen molar-refractivity contribution >= 4 is 10.0 Å². The van der Waals surface area contributed by atoms with E-state index in [0.29, 0.717) is 13.1 Å². The Kier molecular flexibility index (Phi) is 4.92. The van der Waals surface area contributed by atoms with Gasteiger partial charge in [-0.15, -0.1) is 0 Å². The average molecular weight is 364 g/mol. The fourth-order valence-corrected chi connectivity index (χ4v) is 4.60. The van der Waals surface area contributed by atoms with Crippen LogP contribution >= 0.6 is 0 Å². The molecular formula is C17H24N4O3S. The maximum atomic E-state index is 12.3. The maximum absolute atomic E-state index is 12.3. The minimum absolute atomic E-state index is 0.285. The smallest absolute Gasteiger partial charge is 0.216 e. The highest BCUT2D eigenvalue weighted by Gasteiger charge is 2.33. The van der Waals surface area contributed by atoms with Crippen LogP contribution in [-0.4, -0.2) is 46.2 Å². The third kappa shape index (κ3) is 3.59. The van der Waals surface area contributed by atoms with Crippen LogP contribution in [-0.2, 0) is 16.4 Å². The molecule has 25 heavy (non-hydrogen) atoms. The zero-order valence-corrected chi connectivity index (χ0v) is 15.9. The van der Waals surface area contributed by atoms with Gasteiger partial charge in [0.1, 0.15) is 5.76 Å². The van der Waals surface area contributed by atoms with Gasteiger partial charge in [0.2, 0.25) is 10.0 Å². The van der Waals surface area contributed by atoms with E-state index in [2.05, 4.69) is 15.1 Å². The molecule has 2 aromatic heterocycles. The van der Waals surface area contributed by atoms with Gasteiger partial charge in [-0.25, -0.2) is 12.7 Å². The van der Waals surface area contributed by atoms with Crippen molar-refractivity contribution in [1.29, 1.82) is 0 Å². The summed E-state index contributed by atoms with van der Waals surface area (Å²) in [5, 5.41) is 3.56. The highest BCUT2D eigenvalue weighted by atomic mass is 32.2. The maximum Gasteiger partial charge on any atom is 0.216 e. The molecule has 0 saturated carbocycles. The number of sulfonamides is 1. The summed E-state index contributed by atoms with van der Waals surface area (Å²) in [7, 11) is -3.17. The van der Waals surface area contributed by atoms with E-state index in [1.807, 2.05) is 13.8 Å². The molecule has 1 aliphatic rings. The third-order valence-corrected chi connectivity index (χ3v) is 6.94. The molecule has 1 fully saturated rings. The van der Waals surface area contributed by atoms with Crippen LogP contribution in [0.4, 0.5) is 0 Å². The van der Waals surface area contributed by atoms with Crippen LogP contribution in [0.15, 0.2) is 16.9 Å². The molecular weight excluding hydrogens is 340 g/mol. The topological polar surface area (TPSA) is 89.2 Å². The van der Waals surface area contributed by atoms with Gasteiger partial charge in [0, 0.05) is 19.3 Å². The molecule has 1 saturated heterocycles. The summed E-state index contributed by atoms with van der Waals surface area (Å²) in [6.45, 7) is 8.34. The lowest BCUT2D eigenvalue weighted by Crippen LogP contribution is -2.34. The molecule has 1 aliphatic heterocycles. The van der Waals surface area contributed by atoms with Crippen molar-refractivity contribution in [2.75, 3.05) is 13.1 Å². The van der Waals surface area contributed by atoms with Crippen molar-refractivity contribution in [2.45, 2.75) is 45.8 Å². The van der Waals surface area contributed by atoms with Crippen molar-refractivity contribution in [1.82, 2.24) is 19.4 Å². The first kappa shape index (κ1) is 18.0. The van der Waals surface area contributed by atoms with Crippen LogP contribution < -0.4 is 0 Å². The standard InChI is InChI=1S/C17H24N4O3S/c1-11(2)25(22,23)21-6-5-14(10-21)7-15-8-19-16(9-18-15)17-12(3)20-24-13(17)4/h8-9,11,14H,5-7,10H2,1-4H3/t14-/m0/s1. The number of hydrogen-bond acceptors (Lipinski definition) is 6. The molecule has 136 valence electrons. The summed E-state index contributed by atoms with van der Waals surface area (Å²) in [5.41, 5.74) is 3.30. The Morgan fingerprint density at radius 2 is 2.04 bits per heavy atom. The van der Waals surface area contributed by atoms with Gasteiger partial charge < -0.3 is 4.52 Å². The van der Waals surface area contributed by atoms with Crippen molar-refractivity contribution in [3.8, 4) is 11.3 Å². The largest absolute Gasteiger partial charge is 0.361 e. The molecule has 0 amide bonds. The minimum Gasteiger partial charge on any atom is -0.361 e. The lowest BCUT2D eigenvalue weighted by Gasteiger charge is -2.19. The third-order valence-electron chi connectivity index (χ3n) is 4.70.